The Bertz CT molecular complexity index is 1280. The number of ether oxygens (including phenoxy) is 3. The molecule has 3 aromatic rings. The van der Waals surface area contributed by atoms with Gasteiger partial charge < -0.3 is 24.6 Å². The number of amides is 3. The summed E-state index contributed by atoms with van der Waals surface area (Å²) < 4.78 is 16.1. The van der Waals surface area contributed by atoms with Crippen molar-refractivity contribution in [2.24, 2.45) is 0 Å². The second-order valence-electron chi connectivity index (χ2n) is 8.99. The summed E-state index contributed by atoms with van der Waals surface area (Å²) in [5, 5.41) is 13.4. The molecule has 0 saturated carbocycles. The number of nitrogens with zero attached hydrogens (tertiary/aromatic N) is 1. The minimum atomic E-state index is -2.13. The molecule has 1 saturated heterocycles. The maximum absolute atomic E-state index is 13.8. The molecule has 1 fully saturated rings. The van der Waals surface area contributed by atoms with Crippen LogP contribution >= 0.6 is 0 Å². The smallest absolute Gasteiger partial charge is 0.418 e. The van der Waals surface area contributed by atoms with Gasteiger partial charge in [0, 0.05) is 19.0 Å². The summed E-state index contributed by atoms with van der Waals surface area (Å²) in [6.45, 7) is 1.45. The summed E-state index contributed by atoms with van der Waals surface area (Å²) in [6.07, 6.45) is -2.22. The maximum Gasteiger partial charge on any atom is 0.418 e. The zero-order valence-corrected chi connectivity index (χ0v) is 21.4. The topological polar surface area (TPSA) is 114 Å². The van der Waals surface area contributed by atoms with E-state index in [1.807, 2.05) is 6.07 Å². The zero-order chi connectivity index (χ0) is 27.3. The van der Waals surface area contributed by atoms with Crippen LogP contribution in [0.1, 0.15) is 35.8 Å². The molecule has 3 atom stereocenters. The first kappa shape index (κ1) is 26.7. The van der Waals surface area contributed by atoms with Crippen LogP contribution in [0, 0.1) is 0 Å². The monoisotopic (exact) mass is 518 g/mol. The van der Waals surface area contributed by atoms with Crippen LogP contribution in [0.2, 0.25) is 0 Å². The highest BCUT2D eigenvalue weighted by Gasteiger charge is 2.60. The second-order valence-corrected chi connectivity index (χ2v) is 8.99. The largest absolute Gasteiger partial charge is 0.497 e. The molecule has 2 N–H and O–H groups in total. The van der Waals surface area contributed by atoms with Crippen molar-refractivity contribution in [2.45, 2.75) is 31.1 Å². The van der Waals surface area contributed by atoms with Crippen molar-refractivity contribution in [3.8, 4) is 11.5 Å². The average molecular weight is 519 g/mol. The highest BCUT2D eigenvalue weighted by molar-refractivity contribution is 6.17. The number of benzene rings is 3. The zero-order valence-electron chi connectivity index (χ0n) is 21.4. The number of imide groups is 1. The van der Waals surface area contributed by atoms with Gasteiger partial charge in [-0.15, -0.1) is 0 Å². The Labute approximate surface area is 220 Å². The van der Waals surface area contributed by atoms with E-state index in [2.05, 4.69) is 5.32 Å². The molecule has 1 aliphatic heterocycles. The average Bonchev–Trinajstić information content (AvgIpc) is 3.21. The summed E-state index contributed by atoms with van der Waals surface area (Å²) in [4.78, 5) is 41.4. The molecular weight excluding hydrogens is 488 g/mol. The van der Waals surface area contributed by atoms with Crippen molar-refractivity contribution in [2.75, 3.05) is 20.8 Å². The van der Waals surface area contributed by atoms with Gasteiger partial charge in [0.15, 0.2) is 0 Å². The van der Waals surface area contributed by atoms with Crippen LogP contribution in [0.15, 0.2) is 78.9 Å². The molecule has 0 spiro atoms. The van der Waals surface area contributed by atoms with Gasteiger partial charge in [-0.25, -0.2) is 9.69 Å². The molecule has 1 heterocycles. The lowest BCUT2D eigenvalue weighted by molar-refractivity contribution is -0.150. The number of aliphatic hydroxyl groups excluding tert-OH is 1. The predicted octanol–water partition coefficient (Wildman–Crippen LogP) is 3.57. The fraction of sp³-hybridized carbons (Fsp3) is 0.276. The van der Waals surface area contributed by atoms with E-state index in [4.69, 9.17) is 14.2 Å². The number of rotatable bonds is 10. The Morgan fingerprint density at radius 2 is 1.53 bits per heavy atom. The Morgan fingerprint density at radius 1 is 0.947 bits per heavy atom. The summed E-state index contributed by atoms with van der Waals surface area (Å²) >= 11 is 0. The van der Waals surface area contributed by atoms with E-state index in [9.17, 15) is 19.5 Å². The first-order valence-electron chi connectivity index (χ1n) is 12.1. The molecule has 0 aromatic heterocycles. The van der Waals surface area contributed by atoms with Crippen LogP contribution in [0.5, 0.6) is 11.5 Å². The Morgan fingerprint density at radius 3 is 2.11 bits per heavy atom. The molecule has 9 heteroatoms. The van der Waals surface area contributed by atoms with Crippen LogP contribution in [-0.2, 0) is 20.7 Å². The molecule has 4 rings (SSSR count). The van der Waals surface area contributed by atoms with Crippen molar-refractivity contribution in [1.29, 1.82) is 0 Å². The fourth-order valence-corrected chi connectivity index (χ4v) is 4.42. The minimum absolute atomic E-state index is 0.161. The number of carbonyl (C=O) groups is 3. The SMILES string of the molecule is COc1cc(OC)cc(C(O)CNC(=O)[C@@]2(Cc3ccccc3)OC(=O)N([C@H](C)c3ccccc3)C2=O)c1. The molecule has 0 bridgehead atoms. The maximum atomic E-state index is 13.8. The first-order valence-corrected chi connectivity index (χ1v) is 12.1. The summed E-state index contributed by atoms with van der Waals surface area (Å²) in [5.41, 5.74) is -0.340. The number of cyclic esters (lactones) is 1. The van der Waals surface area contributed by atoms with E-state index in [0.717, 1.165) is 10.5 Å². The molecule has 38 heavy (non-hydrogen) atoms. The van der Waals surface area contributed by atoms with Gasteiger partial charge in [-0.1, -0.05) is 60.7 Å². The van der Waals surface area contributed by atoms with E-state index >= 15 is 0 Å². The van der Waals surface area contributed by atoms with Gasteiger partial charge in [-0.2, -0.15) is 0 Å². The normalized spacial score (nSPS) is 18.5. The van der Waals surface area contributed by atoms with Crippen molar-refractivity contribution >= 4 is 17.9 Å². The Balaban J connectivity index is 1.60. The number of nitrogens with one attached hydrogen (secondary N) is 1. The van der Waals surface area contributed by atoms with Crippen LogP contribution in [0.25, 0.3) is 0 Å². The number of aliphatic hydroxyl groups is 1. The third-order valence-electron chi connectivity index (χ3n) is 6.57. The second kappa shape index (κ2) is 11.4. The molecule has 1 unspecified atom stereocenters. The number of hydrogen-bond donors (Lipinski definition) is 2. The fourth-order valence-electron chi connectivity index (χ4n) is 4.42. The highest BCUT2D eigenvalue weighted by atomic mass is 16.6. The molecule has 3 aromatic carbocycles. The molecule has 9 nitrogen and oxygen atoms in total. The molecule has 0 radical (unpaired) electrons. The van der Waals surface area contributed by atoms with Gasteiger partial charge in [-0.05, 0) is 35.7 Å². The standard InChI is InChI=1S/C29H30N2O7/c1-19(21-12-8-5-9-13-21)31-27(34)29(38-28(31)35,17-20-10-6-4-7-11-20)26(33)30-18-25(32)22-14-23(36-2)16-24(15-22)37-3/h4-16,19,25,32H,17-18H2,1-3H3,(H,30,33)/t19-,25?,29-/m1/s1. The molecule has 198 valence electrons. The van der Waals surface area contributed by atoms with Gasteiger partial charge in [0.05, 0.1) is 26.4 Å². The number of methoxy groups -OCH3 is 2. The van der Waals surface area contributed by atoms with Crippen molar-refractivity contribution in [1.82, 2.24) is 10.2 Å². The van der Waals surface area contributed by atoms with E-state index < -0.39 is 35.7 Å². The summed E-state index contributed by atoms with van der Waals surface area (Å²) in [7, 11) is 2.98. The number of hydrogen-bond acceptors (Lipinski definition) is 7. The van der Waals surface area contributed by atoms with Crippen molar-refractivity contribution in [3.63, 3.8) is 0 Å². The minimum Gasteiger partial charge on any atom is -0.497 e. The van der Waals surface area contributed by atoms with Crippen LogP contribution in [-0.4, -0.2) is 54.3 Å². The van der Waals surface area contributed by atoms with Gasteiger partial charge in [0.1, 0.15) is 11.5 Å². The van der Waals surface area contributed by atoms with Gasteiger partial charge in [0.2, 0.25) is 0 Å². The molecular formula is C29H30N2O7. The van der Waals surface area contributed by atoms with Gasteiger partial charge >= 0.3 is 6.09 Å². The molecule has 1 aliphatic rings. The van der Waals surface area contributed by atoms with E-state index in [-0.39, 0.29) is 13.0 Å². The van der Waals surface area contributed by atoms with Crippen LogP contribution in [0.3, 0.4) is 0 Å². The third kappa shape index (κ3) is 5.33. The highest BCUT2D eigenvalue weighted by Crippen LogP contribution is 2.35. The third-order valence-corrected chi connectivity index (χ3v) is 6.57. The lowest BCUT2D eigenvalue weighted by atomic mass is 9.91. The summed E-state index contributed by atoms with van der Waals surface area (Å²) in [6, 6.07) is 22.1. The lowest BCUT2D eigenvalue weighted by Gasteiger charge is -2.26. The van der Waals surface area contributed by atoms with Crippen molar-refractivity contribution < 1.29 is 33.7 Å². The van der Waals surface area contributed by atoms with E-state index in [1.54, 1.807) is 79.7 Å². The molecule has 0 aliphatic carbocycles. The Kier molecular flexibility index (Phi) is 7.97. The quantitative estimate of drug-likeness (QED) is 0.395. The van der Waals surface area contributed by atoms with Gasteiger partial charge in [0.25, 0.3) is 17.4 Å². The summed E-state index contributed by atoms with van der Waals surface area (Å²) in [5.74, 6) is -0.652. The van der Waals surface area contributed by atoms with Crippen molar-refractivity contribution in [3.05, 3.63) is 95.6 Å². The van der Waals surface area contributed by atoms with E-state index in [1.165, 1.54) is 14.2 Å². The van der Waals surface area contributed by atoms with Crippen LogP contribution < -0.4 is 14.8 Å². The Hall–Kier alpha value is -4.37. The van der Waals surface area contributed by atoms with E-state index in [0.29, 0.717) is 22.6 Å². The lowest BCUT2D eigenvalue weighted by Crippen LogP contribution is -2.55. The first-order chi connectivity index (χ1) is 18.3. The predicted molar refractivity (Wildman–Crippen MR) is 139 cm³/mol. The number of carbonyl (C=O) groups excluding carboxylic acids is 3. The van der Waals surface area contributed by atoms with Crippen LogP contribution in [0.4, 0.5) is 4.79 Å². The molecule has 3 amide bonds. The van der Waals surface area contributed by atoms with Gasteiger partial charge in [-0.3, -0.25) is 9.59 Å².